The summed E-state index contributed by atoms with van der Waals surface area (Å²) < 4.78 is 11.9. The maximum atomic E-state index is 13.2. The van der Waals surface area contributed by atoms with E-state index >= 15 is 0 Å². The van der Waals surface area contributed by atoms with Crippen molar-refractivity contribution in [2.24, 2.45) is 0 Å². The van der Waals surface area contributed by atoms with Crippen LogP contribution < -0.4 is 4.74 Å². The van der Waals surface area contributed by atoms with E-state index < -0.39 is 11.2 Å². The number of aliphatic hydroxyl groups is 1. The van der Waals surface area contributed by atoms with Crippen LogP contribution in [0.15, 0.2) is 41.7 Å². The number of aryl methyl sites for hydroxylation is 1. The van der Waals surface area contributed by atoms with Crippen molar-refractivity contribution >= 4 is 32.9 Å². The first kappa shape index (κ1) is 20.5. The van der Waals surface area contributed by atoms with Gasteiger partial charge in [-0.1, -0.05) is 13.0 Å². The van der Waals surface area contributed by atoms with Gasteiger partial charge in [0.2, 0.25) is 5.88 Å². The highest BCUT2D eigenvalue weighted by Crippen LogP contribution is 2.42. The minimum atomic E-state index is -1.05. The fourth-order valence-electron chi connectivity index (χ4n) is 3.81. The Morgan fingerprint density at radius 2 is 1.90 bits per heavy atom. The molecule has 3 heterocycles. The number of thiophene rings is 1. The highest BCUT2D eigenvalue weighted by atomic mass is 32.1. The van der Waals surface area contributed by atoms with E-state index in [-0.39, 0.29) is 17.1 Å². The summed E-state index contributed by atoms with van der Waals surface area (Å²) in [5.41, 5.74) is -0.166. The molecule has 156 valence electrons. The molecule has 0 fully saturated rings. The number of Topliss-reactive ketones (excluding diaryl/α,β-unsaturated/α-hetero) is 1. The zero-order chi connectivity index (χ0) is 21.7. The first-order chi connectivity index (χ1) is 14.1. The maximum Gasteiger partial charge on any atom is 0.231 e. The molecular formula is C23H24N2O4S. The number of carbonyl (C=O) groups excluding carboxylic acids is 1. The van der Waals surface area contributed by atoms with Crippen LogP contribution in [-0.2, 0) is 16.0 Å². The predicted molar refractivity (Wildman–Crippen MR) is 117 cm³/mol. The lowest BCUT2D eigenvalue weighted by Crippen LogP contribution is -2.49. The van der Waals surface area contributed by atoms with E-state index in [2.05, 4.69) is 9.97 Å². The molecule has 1 aromatic carbocycles. The number of ketones is 1. The summed E-state index contributed by atoms with van der Waals surface area (Å²) in [6.45, 7) is 8.98. The van der Waals surface area contributed by atoms with Gasteiger partial charge in [-0.15, -0.1) is 11.3 Å². The Hall–Kier alpha value is -2.77. The molecule has 3 aromatic rings. The van der Waals surface area contributed by atoms with Gasteiger partial charge < -0.3 is 14.6 Å². The molecule has 0 saturated carbocycles. The van der Waals surface area contributed by atoms with Gasteiger partial charge in [0.25, 0.3) is 0 Å². The molecule has 1 aliphatic rings. The second kappa shape index (κ2) is 7.18. The van der Waals surface area contributed by atoms with Crippen molar-refractivity contribution in [2.45, 2.75) is 52.2 Å². The number of rotatable bonds is 4. The molecule has 2 aromatic heterocycles. The number of fused-ring (bicyclic) bond motifs is 1. The van der Waals surface area contributed by atoms with Gasteiger partial charge in [-0.3, -0.25) is 4.79 Å². The third-order valence-electron chi connectivity index (χ3n) is 5.26. The first-order valence-corrected chi connectivity index (χ1v) is 10.7. The summed E-state index contributed by atoms with van der Waals surface area (Å²) >= 11 is 1.51. The van der Waals surface area contributed by atoms with E-state index in [0.717, 1.165) is 15.8 Å². The number of aliphatic hydroxyl groups excluding tert-OH is 1. The van der Waals surface area contributed by atoms with Crippen LogP contribution in [0, 0.1) is 0 Å². The van der Waals surface area contributed by atoms with Gasteiger partial charge >= 0.3 is 0 Å². The van der Waals surface area contributed by atoms with Crippen molar-refractivity contribution in [2.75, 3.05) is 0 Å². The standard InChI is InChI=1S/C23H24N2O4S/c1-6-13-7-8-14(28-20-15-9-10-30-21(15)25-12-24-20)11-16(13)17-18(26)22(2,3)29-23(4,5)19(17)27/h7-12,26H,6H2,1-5H3. The van der Waals surface area contributed by atoms with Gasteiger partial charge in [0.1, 0.15) is 33.9 Å². The number of benzene rings is 1. The average molecular weight is 425 g/mol. The summed E-state index contributed by atoms with van der Waals surface area (Å²) in [6.07, 6.45) is 2.17. The van der Waals surface area contributed by atoms with Crippen LogP contribution in [0.4, 0.5) is 0 Å². The maximum absolute atomic E-state index is 13.2. The van der Waals surface area contributed by atoms with Crippen molar-refractivity contribution in [3.63, 3.8) is 0 Å². The Bertz CT molecular complexity index is 1180. The second-order valence-corrected chi connectivity index (χ2v) is 9.16. The Morgan fingerprint density at radius 1 is 1.13 bits per heavy atom. The van der Waals surface area contributed by atoms with Crippen LogP contribution in [0.2, 0.25) is 0 Å². The van der Waals surface area contributed by atoms with Crippen LogP contribution >= 0.6 is 11.3 Å². The molecule has 0 atom stereocenters. The number of hydrogen-bond donors (Lipinski definition) is 1. The molecule has 0 amide bonds. The van der Waals surface area contributed by atoms with Crippen molar-refractivity contribution in [3.05, 3.63) is 52.9 Å². The van der Waals surface area contributed by atoms with Crippen molar-refractivity contribution in [3.8, 4) is 11.6 Å². The summed E-state index contributed by atoms with van der Waals surface area (Å²) in [4.78, 5) is 22.6. The average Bonchev–Trinajstić information content (AvgIpc) is 3.16. The predicted octanol–water partition coefficient (Wildman–Crippen LogP) is 5.47. The number of carbonyl (C=O) groups is 1. The van der Waals surface area contributed by atoms with E-state index in [4.69, 9.17) is 9.47 Å². The van der Waals surface area contributed by atoms with Crippen molar-refractivity contribution < 1.29 is 19.4 Å². The minimum Gasteiger partial charge on any atom is -0.508 e. The highest BCUT2D eigenvalue weighted by Gasteiger charge is 2.47. The van der Waals surface area contributed by atoms with Gasteiger partial charge in [-0.2, -0.15) is 0 Å². The molecule has 7 heteroatoms. The zero-order valence-corrected chi connectivity index (χ0v) is 18.5. The van der Waals surface area contributed by atoms with Crippen LogP contribution in [0.1, 0.15) is 45.7 Å². The van der Waals surface area contributed by atoms with Crippen molar-refractivity contribution in [1.29, 1.82) is 0 Å². The number of ether oxygens (including phenoxy) is 2. The minimum absolute atomic E-state index is 0.0686. The largest absolute Gasteiger partial charge is 0.508 e. The lowest BCUT2D eigenvalue weighted by Gasteiger charge is -2.40. The molecule has 0 radical (unpaired) electrons. The quantitative estimate of drug-likeness (QED) is 0.598. The Morgan fingerprint density at radius 3 is 2.63 bits per heavy atom. The van der Waals surface area contributed by atoms with E-state index in [1.165, 1.54) is 17.7 Å². The van der Waals surface area contributed by atoms with Crippen molar-refractivity contribution in [1.82, 2.24) is 9.97 Å². The molecule has 0 spiro atoms. The second-order valence-electron chi connectivity index (χ2n) is 8.27. The summed E-state index contributed by atoms with van der Waals surface area (Å²) in [7, 11) is 0. The van der Waals surface area contributed by atoms with Crippen LogP contribution in [0.25, 0.3) is 15.8 Å². The molecule has 4 rings (SSSR count). The van der Waals surface area contributed by atoms with Gasteiger partial charge in [-0.05, 0) is 68.8 Å². The molecule has 0 bridgehead atoms. The third kappa shape index (κ3) is 3.38. The number of aromatic nitrogens is 2. The normalized spacial score (nSPS) is 18.1. The fraction of sp³-hybridized carbons (Fsp3) is 0.348. The van der Waals surface area contributed by atoms with Gasteiger partial charge in [0, 0.05) is 0 Å². The molecule has 0 saturated heterocycles. The Balaban J connectivity index is 1.84. The van der Waals surface area contributed by atoms with E-state index in [1.54, 1.807) is 33.8 Å². The topological polar surface area (TPSA) is 81.5 Å². The van der Waals surface area contributed by atoms with Crippen LogP contribution in [0.5, 0.6) is 11.6 Å². The summed E-state index contributed by atoms with van der Waals surface area (Å²) in [5, 5.41) is 13.7. The van der Waals surface area contributed by atoms with Gasteiger partial charge in [0.05, 0.1) is 11.0 Å². The third-order valence-corrected chi connectivity index (χ3v) is 6.08. The lowest BCUT2D eigenvalue weighted by atomic mass is 9.81. The monoisotopic (exact) mass is 424 g/mol. The van der Waals surface area contributed by atoms with Crippen LogP contribution in [0.3, 0.4) is 0 Å². The lowest BCUT2D eigenvalue weighted by molar-refractivity contribution is -0.158. The highest BCUT2D eigenvalue weighted by molar-refractivity contribution is 7.16. The summed E-state index contributed by atoms with van der Waals surface area (Å²) in [6, 6.07) is 7.47. The molecule has 0 unspecified atom stereocenters. The summed E-state index contributed by atoms with van der Waals surface area (Å²) in [5.74, 6) is 0.659. The molecule has 30 heavy (non-hydrogen) atoms. The SMILES string of the molecule is CCc1ccc(Oc2ncnc3sccc23)cc1C1=C(O)C(C)(C)OC(C)(C)C1=O. The molecule has 1 N–H and O–H groups in total. The van der Waals surface area contributed by atoms with E-state index in [9.17, 15) is 9.90 Å². The first-order valence-electron chi connectivity index (χ1n) is 9.82. The fourth-order valence-corrected chi connectivity index (χ4v) is 4.54. The molecule has 1 aliphatic heterocycles. The molecule has 0 aliphatic carbocycles. The van der Waals surface area contributed by atoms with E-state index in [0.29, 0.717) is 23.6 Å². The van der Waals surface area contributed by atoms with E-state index in [1.807, 2.05) is 30.5 Å². The smallest absolute Gasteiger partial charge is 0.231 e. The number of nitrogens with zero attached hydrogens (tertiary/aromatic N) is 2. The van der Waals surface area contributed by atoms with Crippen LogP contribution in [-0.4, -0.2) is 32.1 Å². The zero-order valence-electron chi connectivity index (χ0n) is 17.6. The Kier molecular flexibility index (Phi) is 4.91. The number of hydrogen-bond acceptors (Lipinski definition) is 7. The molecule has 6 nitrogen and oxygen atoms in total. The van der Waals surface area contributed by atoms with Gasteiger partial charge in [-0.25, -0.2) is 9.97 Å². The Labute approximate surface area is 179 Å². The molecular weight excluding hydrogens is 400 g/mol. The van der Waals surface area contributed by atoms with Gasteiger partial charge in [0.15, 0.2) is 5.78 Å².